The van der Waals surface area contributed by atoms with E-state index >= 15 is 0 Å². The Labute approximate surface area is 129 Å². The normalized spacial score (nSPS) is 20.0. The number of unbranched alkanes of at least 4 members (excludes halogenated alkanes) is 1. The van der Waals surface area contributed by atoms with Crippen LogP contribution in [0.25, 0.3) is 0 Å². The minimum atomic E-state index is -0.579. The van der Waals surface area contributed by atoms with E-state index in [2.05, 4.69) is 24.1 Å². The van der Waals surface area contributed by atoms with Crippen molar-refractivity contribution in [3.8, 4) is 0 Å². The molecule has 0 aromatic rings. The van der Waals surface area contributed by atoms with Gasteiger partial charge in [0.25, 0.3) is 0 Å². The molecule has 1 heterocycles. The monoisotopic (exact) mass is 300 g/mol. The van der Waals surface area contributed by atoms with Gasteiger partial charge in [-0.15, -0.1) is 0 Å². The van der Waals surface area contributed by atoms with Crippen molar-refractivity contribution in [1.82, 2.24) is 10.2 Å². The summed E-state index contributed by atoms with van der Waals surface area (Å²) < 4.78 is 10.4. The van der Waals surface area contributed by atoms with Crippen LogP contribution >= 0.6 is 0 Å². The van der Waals surface area contributed by atoms with Gasteiger partial charge in [0.15, 0.2) is 0 Å². The van der Waals surface area contributed by atoms with Gasteiger partial charge in [-0.2, -0.15) is 0 Å². The van der Waals surface area contributed by atoms with Gasteiger partial charge in [-0.1, -0.05) is 0 Å². The van der Waals surface area contributed by atoms with Gasteiger partial charge in [0.1, 0.15) is 5.54 Å². The average Bonchev–Trinajstić information content (AvgIpc) is 2.70. The van der Waals surface area contributed by atoms with E-state index in [1.165, 1.54) is 7.11 Å². The Morgan fingerprint density at radius 2 is 2.10 bits per heavy atom. The van der Waals surface area contributed by atoms with Crippen molar-refractivity contribution in [2.45, 2.75) is 58.0 Å². The summed E-state index contributed by atoms with van der Waals surface area (Å²) in [6.07, 6.45) is 4.05. The average molecular weight is 300 g/mol. The van der Waals surface area contributed by atoms with Crippen LogP contribution in [0.5, 0.6) is 0 Å². The van der Waals surface area contributed by atoms with Gasteiger partial charge in [-0.25, -0.2) is 0 Å². The maximum Gasteiger partial charge on any atom is 0.325 e. The largest absolute Gasteiger partial charge is 0.468 e. The second-order valence-electron chi connectivity index (χ2n) is 6.39. The van der Waals surface area contributed by atoms with Gasteiger partial charge in [-0.05, 0) is 53.0 Å². The van der Waals surface area contributed by atoms with Crippen molar-refractivity contribution in [3.63, 3.8) is 0 Å². The molecule has 0 aliphatic carbocycles. The predicted molar refractivity (Wildman–Crippen MR) is 84.4 cm³/mol. The molecule has 1 unspecified atom stereocenters. The lowest BCUT2D eigenvalue weighted by molar-refractivity contribution is -0.148. The van der Waals surface area contributed by atoms with E-state index in [1.807, 2.05) is 6.92 Å². The van der Waals surface area contributed by atoms with Crippen molar-refractivity contribution in [3.05, 3.63) is 0 Å². The van der Waals surface area contributed by atoms with Crippen molar-refractivity contribution in [2.24, 2.45) is 0 Å². The van der Waals surface area contributed by atoms with Crippen molar-refractivity contribution < 1.29 is 14.3 Å². The number of ether oxygens (including phenoxy) is 2. The summed E-state index contributed by atoms with van der Waals surface area (Å²) in [5, 5.41) is 3.35. The first-order valence-corrected chi connectivity index (χ1v) is 8.14. The molecule has 0 aromatic heterocycles. The van der Waals surface area contributed by atoms with Gasteiger partial charge >= 0.3 is 5.97 Å². The summed E-state index contributed by atoms with van der Waals surface area (Å²) in [7, 11) is 1.46. The minimum absolute atomic E-state index is 0.167. The molecule has 1 rings (SSSR count). The van der Waals surface area contributed by atoms with Crippen molar-refractivity contribution in [1.29, 1.82) is 0 Å². The van der Waals surface area contributed by atoms with Crippen LogP contribution in [0.3, 0.4) is 0 Å². The number of methoxy groups -OCH3 is 1. The van der Waals surface area contributed by atoms with Crippen LogP contribution in [0.4, 0.5) is 0 Å². The van der Waals surface area contributed by atoms with Crippen LogP contribution in [0.2, 0.25) is 0 Å². The fraction of sp³-hybridized carbons (Fsp3) is 0.938. The van der Waals surface area contributed by atoms with E-state index < -0.39 is 5.54 Å². The lowest BCUT2D eigenvalue weighted by Crippen LogP contribution is -2.53. The lowest BCUT2D eigenvalue weighted by Gasteiger charge is -2.30. The molecule has 0 spiro atoms. The van der Waals surface area contributed by atoms with E-state index in [9.17, 15) is 4.79 Å². The Morgan fingerprint density at radius 3 is 2.76 bits per heavy atom. The van der Waals surface area contributed by atoms with E-state index in [-0.39, 0.29) is 12.0 Å². The summed E-state index contributed by atoms with van der Waals surface area (Å²) in [5.41, 5.74) is -0.579. The highest BCUT2D eigenvalue weighted by molar-refractivity contribution is 5.80. The molecule has 0 aromatic carbocycles. The van der Waals surface area contributed by atoms with Crippen LogP contribution in [-0.2, 0) is 14.3 Å². The fourth-order valence-corrected chi connectivity index (χ4v) is 2.93. The molecule has 0 radical (unpaired) electrons. The van der Waals surface area contributed by atoms with E-state index in [4.69, 9.17) is 9.47 Å². The molecule has 5 nitrogen and oxygen atoms in total. The molecule has 1 fully saturated rings. The number of carbonyl (C=O) groups excluding carboxylic acids is 1. The molecule has 1 aliphatic rings. The number of nitrogens with one attached hydrogen (secondary N) is 1. The highest BCUT2D eigenvalue weighted by Crippen LogP contribution is 2.17. The van der Waals surface area contributed by atoms with Crippen LogP contribution in [-0.4, -0.2) is 62.4 Å². The first-order valence-electron chi connectivity index (χ1n) is 8.14. The number of carbonyl (C=O) groups is 1. The van der Waals surface area contributed by atoms with Gasteiger partial charge in [0.05, 0.1) is 13.7 Å². The zero-order valence-electron chi connectivity index (χ0n) is 14.1. The lowest BCUT2D eigenvalue weighted by atomic mass is 9.93. The number of hydrogen-bond acceptors (Lipinski definition) is 5. The van der Waals surface area contributed by atoms with Crippen LogP contribution in [0.1, 0.15) is 46.5 Å². The smallest absolute Gasteiger partial charge is 0.325 e. The van der Waals surface area contributed by atoms with Crippen molar-refractivity contribution >= 4 is 5.97 Å². The third kappa shape index (κ3) is 6.76. The Morgan fingerprint density at radius 1 is 1.33 bits per heavy atom. The molecule has 21 heavy (non-hydrogen) atoms. The number of hydrogen-bond donors (Lipinski definition) is 1. The van der Waals surface area contributed by atoms with E-state index in [0.717, 1.165) is 58.5 Å². The third-order valence-corrected chi connectivity index (χ3v) is 3.96. The molecular formula is C16H32N2O3. The molecule has 1 aliphatic heterocycles. The topological polar surface area (TPSA) is 50.8 Å². The second kappa shape index (κ2) is 9.38. The first kappa shape index (κ1) is 18.4. The number of nitrogens with zero attached hydrogens (tertiary/aromatic N) is 1. The molecular weight excluding hydrogens is 268 g/mol. The SMILES string of the molecule is COC(=O)C(C)(CCCCN1CCCOCC1)NC(C)C. The quantitative estimate of drug-likeness (QED) is 0.547. The summed E-state index contributed by atoms with van der Waals surface area (Å²) in [6, 6.07) is 0.261. The Kier molecular flexibility index (Phi) is 8.22. The number of rotatable bonds is 8. The Balaban J connectivity index is 2.33. The zero-order chi connectivity index (χ0) is 15.7. The molecule has 1 saturated heterocycles. The third-order valence-electron chi connectivity index (χ3n) is 3.96. The minimum Gasteiger partial charge on any atom is -0.468 e. The highest BCUT2D eigenvalue weighted by atomic mass is 16.5. The second-order valence-corrected chi connectivity index (χ2v) is 6.39. The van der Waals surface area contributed by atoms with Gasteiger partial charge in [0, 0.05) is 25.7 Å². The first-order chi connectivity index (χ1) is 9.98. The molecule has 1 N–H and O–H groups in total. The molecule has 5 heteroatoms. The fourth-order valence-electron chi connectivity index (χ4n) is 2.93. The Bertz CT molecular complexity index is 302. The molecule has 1 atom stereocenters. The van der Waals surface area contributed by atoms with Crippen LogP contribution in [0, 0.1) is 0 Å². The molecule has 0 amide bonds. The van der Waals surface area contributed by atoms with Crippen LogP contribution < -0.4 is 5.32 Å². The molecule has 0 bridgehead atoms. The van der Waals surface area contributed by atoms with Gasteiger partial charge in [0.2, 0.25) is 0 Å². The van der Waals surface area contributed by atoms with E-state index in [1.54, 1.807) is 0 Å². The maximum atomic E-state index is 12.0. The van der Waals surface area contributed by atoms with Gasteiger partial charge in [-0.3, -0.25) is 10.1 Å². The Hall–Kier alpha value is -0.650. The standard InChI is InChI=1S/C16H32N2O3/c1-14(2)17-16(3,15(19)20-4)8-5-6-9-18-10-7-12-21-13-11-18/h14,17H,5-13H2,1-4H3. The summed E-state index contributed by atoms with van der Waals surface area (Å²) in [4.78, 5) is 14.5. The van der Waals surface area contributed by atoms with Crippen LogP contribution in [0.15, 0.2) is 0 Å². The summed E-state index contributed by atoms with van der Waals surface area (Å²) in [5.74, 6) is -0.167. The molecule has 124 valence electrons. The summed E-state index contributed by atoms with van der Waals surface area (Å²) >= 11 is 0. The molecule has 0 saturated carbocycles. The maximum absolute atomic E-state index is 12.0. The van der Waals surface area contributed by atoms with Gasteiger partial charge < -0.3 is 14.4 Å². The summed E-state index contributed by atoms with van der Waals surface area (Å²) in [6.45, 7) is 11.0. The number of esters is 1. The highest BCUT2D eigenvalue weighted by Gasteiger charge is 2.34. The predicted octanol–water partition coefficient (Wildman–Crippen LogP) is 1.81. The van der Waals surface area contributed by atoms with E-state index in [0.29, 0.717) is 0 Å². The zero-order valence-corrected chi connectivity index (χ0v) is 14.1. The van der Waals surface area contributed by atoms with Crippen molar-refractivity contribution in [2.75, 3.05) is 40.0 Å².